The maximum Gasteiger partial charge on any atom is 0.185 e. The van der Waals surface area contributed by atoms with E-state index in [-0.39, 0.29) is 5.78 Å². The van der Waals surface area contributed by atoms with Crippen LogP contribution in [-0.4, -0.2) is 12.3 Å². The Morgan fingerprint density at radius 3 is 2.55 bits per heavy atom. The van der Waals surface area contributed by atoms with Crippen LogP contribution in [0, 0.1) is 0 Å². The lowest BCUT2D eigenvalue weighted by Crippen LogP contribution is -1.92. The van der Waals surface area contributed by atoms with Gasteiger partial charge in [0.15, 0.2) is 5.78 Å². The molecule has 0 unspecified atom stereocenters. The summed E-state index contributed by atoms with van der Waals surface area (Å²) in [5.74, 6) is 0.0453. The molecule has 0 aliphatic heterocycles. The predicted molar refractivity (Wildman–Crippen MR) is 81.5 cm³/mol. The molecule has 0 heterocycles. The topological polar surface area (TPSA) is 65.8 Å². The van der Waals surface area contributed by atoms with Gasteiger partial charge in [-0.1, -0.05) is 53.7 Å². The summed E-state index contributed by atoms with van der Waals surface area (Å²) in [7, 11) is 0. The summed E-state index contributed by atoms with van der Waals surface area (Å²) >= 11 is 0. The summed E-state index contributed by atoms with van der Waals surface area (Å²) < 4.78 is 0. The molecule has 1 rings (SSSR count). The maximum absolute atomic E-state index is 11.7. The van der Waals surface area contributed by atoms with Crippen LogP contribution >= 0.6 is 0 Å². The van der Waals surface area contributed by atoms with E-state index >= 15 is 0 Å². The largest absolute Gasteiger partial charge is 0.289 e. The second-order valence-corrected chi connectivity index (χ2v) is 4.28. The van der Waals surface area contributed by atoms with Gasteiger partial charge in [-0.25, -0.2) is 0 Å². The van der Waals surface area contributed by atoms with E-state index in [1.54, 1.807) is 6.08 Å². The van der Waals surface area contributed by atoms with E-state index in [2.05, 4.69) is 22.2 Å². The summed E-state index contributed by atoms with van der Waals surface area (Å²) in [5, 5.41) is 3.47. The highest BCUT2D eigenvalue weighted by Crippen LogP contribution is 2.02. The van der Waals surface area contributed by atoms with Crippen LogP contribution in [0.15, 0.2) is 59.8 Å². The molecule has 1 aromatic rings. The van der Waals surface area contributed by atoms with Crippen LogP contribution in [0.25, 0.3) is 10.4 Å². The molecule has 4 nitrogen and oxygen atoms in total. The highest BCUT2D eigenvalue weighted by Gasteiger charge is 1.97. The van der Waals surface area contributed by atoms with E-state index in [1.165, 1.54) is 0 Å². The second-order valence-electron chi connectivity index (χ2n) is 4.28. The van der Waals surface area contributed by atoms with Crippen LogP contribution in [0.3, 0.4) is 0 Å². The first-order chi connectivity index (χ1) is 9.84. The average molecular weight is 269 g/mol. The third-order valence-electron chi connectivity index (χ3n) is 2.69. The smallest absolute Gasteiger partial charge is 0.185 e. The van der Waals surface area contributed by atoms with Crippen LogP contribution in [-0.2, 0) is 0 Å². The maximum atomic E-state index is 11.7. The van der Waals surface area contributed by atoms with Crippen molar-refractivity contribution in [3.8, 4) is 0 Å². The molecule has 0 aliphatic carbocycles. The third kappa shape index (κ3) is 7.19. The van der Waals surface area contributed by atoms with E-state index in [1.807, 2.05) is 36.4 Å². The fourth-order valence-corrected chi connectivity index (χ4v) is 1.64. The van der Waals surface area contributed by atoms with Crippen molar-refractivity contribution in [1.82, 2.24) is 0 Å². The minimum Gasteiger partial charge on any atom is -0.289 e. The third-order valence-corrected chi connectivity index (χ3v) is 2.69. The number of rotatable bonds is 9. The molecule has 0 atom stereocenters. The molecular formula is C16H19N3O. The fourth-order valence-electron chi connectivity index (χ4n) is 1.64. The van der Waals surface area contributed by atoms with Crippen LogP contribution in [0.4, 0.5) is 0 Å². The number of hydrogen-bond acceptors (Lipinski definition) is 2. The van der Waals surface area contributed by atoms with Crippen molar-refractivity contribution in [2.45, 2.75) is 25.7 Å². The highest BCUT2D eigenvalue weighted by atomic mass is 16.1. The van der Waals surface area contributed by atoms with Gasteiger partial charge >= 0.3 is 0 Å². The first-order valence-electron chi connectivity index (χ1n) is 6.76. The molecule has 0 saturated heterocycles. The molecule has 0 bridgehead atoms. The van der Waals surface area contributed by atoms with Gasteiger partial charge < -0.3 is 0 Å². The molecule has 4 heteroatoms. The number of benzene rings is 1. The first kappa shape index (κ1) is 15.7. The zero-order valence-electron chi connectivity index (χ0n) is 11.5. The summed E-state index contributed by atoms with van der Waals surface area (Å²) in [5.41, 5.74) is 8.82. The molecule has 0 amide bonds. The Morgan fingerprint density at radius 1 is 1.10 bits per heavy atom. The molecule has 20 heavy (non-hydrogen) atoms. The first-order valence-corrected chi connectivity index (χ1v) is 6.76. The number of unbranched alkanes of at least 4 members (excludes halogenated alkanes) is 2. The van der Waals surface area contributed by atoms with Crippen LogP contribution < -0.4 is 0 Å². The monoisotopic (exact) mass is 269 g/mol. The quantitative estimate of drug-likeness (QED) is 0.120. The molecule has 0 aliphatic rings. The number of carbonyl (C=O) groups is 1. The predicted octanol–water partition coefficient (Wildman–Crippen LogP) is 4.85. The molecule has 0 radical (unpaired) electrons. The standard InChI is InChI=1S/C16H19N3O/c17-19-18-14-10-5-3-1-2-4-9-13-16(20)15-11-7-6-8-12-15/h1,3,6-9,11-13H,2,4-5,10,14H2/b3-1-,13-9+. The molecule has 0 saturated carbocycles. The van der Waals surface area contributed by atoms with Crippen molar-refractivity contribution >= 4 is 5.78 Å². The molecule has 0 aromatic heterocycles. The lowest BCUT2D eigenvalue weighted by Gasteiger charge is -1.93. The van der Waals surface area contributed by atoms with Crippen molar-refractivity contribution < 1.29 is 4.79 Å². The van der Waals surface area contributed by atoms with Gasteiger partial charge in [0, 0.05) is 17.0 Å². The van der Waals surface area contributed by atoms with E-state index < -0.39 is 0 Å². The minimum atomic E-state index is 0.0453. The molecule has 104 valence electrons. The van der Waals surface area contributed by atoms with Crippen molar-refractivity contribution in [3.63, 3.8) is 0 Å². The molecule has 0 N–H and O–H groups in total. The summed E-state index contributed by atoms with van der Waals surface area (Å²) in [6.45, 7) is 0.548. The minimum absolute atomic E-state index is 0.0453. The fraction of sp³-hybridized carbons (Fsp3) is 0.312. The Kier molecular flexibility index (Phi) is 8.33. The van der Waals surface area contributed by atoms with Crippen molar-refractivity contribution in [2.24, 2.45) is 5.11 Å². The van der Waals surface area contributed by atoms with Crippen LogP contribution in [0.1, 0.15) is 36.0 Å². The van der Waals surface area contributed by atoms with E-state index in [0.29, 0.717) is 6.54 Å². The zero-order chi connectivity index (χ0) is 14.5. The number of allylic oxidation sites excluding steroid dienone is 4. The van der Waals surface area contributed by atoms with Crippen molar-refractivity contribution in [1.29, 1.82) is 0 Å². The Balaban J connectivity index is 2.14. The Morgan fingerprint density at radius 2 is 1.80 bits per heavy atom. The second kappa shape index (κ2) is 10.6. The van der Waals surface area contributed by atoms with Crippen LogP contribution in [0.2, 0.25) is 0 Å². The lowest BCUT2D eigenvalue weighted by atomic mass is 10.1. The van der Waals surface area contributed by atoms with Gasteiger partial charge in [0.25, 0.3) is 0 Å². The highest BCUT2D eigenvalue weighted by molar-refractivity contribution is 6.04. The molecule has 0 spiro atoms. The van der Waals surface area contributed by atoms with Gasteiger partial charge in [-0.15, -0.1) is 0 Å². The summed E-state index contributed by atoms with van der Waals surface area (Å²) in [4.78, 5) is 14.4. The number of azide groups is 1. The van der Waals surface area contributed by atoms with Gasteiger partial charge in [0.1, 0.15) is 0 Å². The van der Waals surface area contributed by atoms with Gasteiger partial charge in [-0.3, -0.25) is 4.79 Å². The summed E-state index contributed by atoms with van der Waals surface area (Å²) in [6, 6.07) is 9.25. The lowest BCUT2D eigenvalue weighted by molar-refractivity contribution is 0.104. The van der Waals surface area contributed by atoms with Crippen molar-refractivity contribution in [3.05, 3.63) is 70.6 Å². The van der Waals surface area contributed by atoms with E-state index in [0.717, 1.165) is 31.2 Å². The number of ketones is 1. The Labute approximate surface area is 119 Å². The number of hydrogen-bond donors (Lipinski definition) is 0. The Bertz CT molecular complexity index is 500. The van der Waals surface area contributed by atoms with Gasteiger partial charge in [0.05, 0.1) is 0 Å². The number of carbonyl (C=O) groups excluding carboxylic acids is 1. The van der Waals surface area contributed by atoms with E-state index in [9.17, 15) is 4.79 Å². The average Bonchev–Trinajstić information content (AvgIpc) is 2.50. The summed E-state index contributed by atoms with van der Waals surface area (Å²) in [6.07, 6.45) is 11.3. The number of nitrogens with zero attached hydrogens (tertiary/aromatic N) is 3. The normalized spacial score (nSPS) is 10.8. The molecular weight excluding hydrogens is 250 g/mol. The SMILES string of the molecule is [N-]=[N+]=NCCC/C=C\CC/C=C/C(=O)c1ccccc1. The Hall–Kier alpha value is -2.32. The van der Waals surface area contributed by atoms with Gasteiger partial charge in [-0.05, 0) is 37.3 Å². The molecule has 1 aromatic carbocycles. The van der Waals surface area contributed by atoms with Gasteiger partial charge in [0.2, 0.25) is 0 Å². The van der Waals surface area contributed by atoms with Gasteiger partial charge in [-0.2, -0.15) is 0 Å². The van der Waals surface area contributed by atoms with E-state index in [4.69, 9.17) is 5.53 Å². The van der Waals surface area contributed by atoms with Crippen LogP contribution in [0.5, 0.6) is 0 Å². The zero-order valence-corrected chi connectivity index (χ0v) is 11.5. The van der Waals surface area contributed by atoms with Crippen molar-refractivity contribution in [2.75, 3.05) is 6.54 Å². The molecule has 0 fully saturated rings.